The van der Waals surface area contributed by atoms with Crippen molar-refractivity contribution in [2.45, 2.75) is 0 Å². The summed E-state index contributed by atoms with van der Waals surface area (Å²) >= 11 is 0. The maximum atomic E-state index is 13.9. The Balaban J connectivity index is 1.63. The van der Waals surface area contributed by atoms with E-state index in [9.17, 15) is 18.0 Å². The number of piperazine rings is 1. The Morgan fingerprint density at radius 1 is 1.00 bits per heavy atom. The van der Waals surface area contributed by atoms with Gasteiger partial charge in [-0.25, -0.2) is 18.0 Å². The van der Waals surface area contributed by atoms with Gasteiger partial charge in [-0.2, -0.15) is 0 Å². The van der Waals surface area contributed by atoms with E-state index in [0.29, 0.717) is 37.6 Å². The van der Waals surface area contributed by atoms with Crippen LogP contribution in [0.15, 0.2) is 36.4 Å². The molecule has 2 amide bonds. The summed E-state index contributed by atoms with van der Waals surface area (Å²) < 4.78 is 45.6. The van der Waals surface area contributed by atoms with E-state index in [1.807, 2.05) is 0 Å². The lowest BCUT2D eigenvalue weighted by molar-refractivity contribution is 0.208. The normalized spacial score (nSPS) is 14.3. The zero-order valence-corrected chi connectivity index (χ0v) is 14.1. The molecule has 2 aromatic rings. The summed E-state index contributed by atoms with van der Waals surface area (Å²) in [5, 5.41) is 2.77. The van der Waals surface area contributed by atoms with Crippen molar-refractivity contribution in [3.8, 4) is 5.75 Å². The van der Waals surface area contributed by atoms with Crippen molar-refractivity contribution in [2.24, 2.45) is 0 Å². The van der Waals surface area contributed by atoms with E-state index < -0.39 is 17.5 Å². The highest BCUT2D eigenvalue weighted by atomic mass is 19.2. The van der Waals surface area contributed by atoms with E-state index in [4.69, 9.17) is 4.74 Å². The van der Waals surface area contributed by atoms with Crippen molar-refractivity contribution in [1.82, 2.24) is 4.90 Å². The molecular weight excluding hydrogens is 347 g/mol. The average molecular weight is 365 g/mol. The fraction of sp³-hybridized carbons (Fsp3) is 0.278. The lowest BCUT2D eigenvalue weighted by Crippen LogP contribution is -2.50. The predicted molar refractivity (Wildman–Crippen MR) is 92.1 cm³/mol. The lowest BCUT2D eigenvalue weighted by atomic mass is 10.2. The minimum absolute atomic E-state index is 0.00585. The molecule has 1 N–H and O–H groups in total. The number of hydrogen-bond donors (Lipinski definition) is 1. The third kappa shape index (κ3) is 3.54. The van der Waals surface area contributed by atoms with Gasteiger partial charge in [-0.1, -0.05) is 12.1 Å². The number of para-hydroxylation sites is 2. The maximum absolute atomic E-state index is 13.9. The van der Waals surface area contributed by atoms with Gasteiger partial charge in [0, 0.05) is 26.2 Å². The highest BCUT2D eigenvalue weighted by Crippen LogP contribution is 2.26. The minimum Gasteiger partial charge on any atom is -0.495 e. The third-order valence-corrected chi connectivity index (χ3v) is 4.27. The summed E-state index contributed by atoms with van der Waals surface area (Å²) in [6.07, 6.45) is 0. The molecule has 1 aliphatic rings. The molecule has 0 aromatic heterocycles. The van der Waals surface area contributed by atoms with Crippen LogP contribution >= 0.6 is 0 Å². The Hall–Kier alpha value is -2.90. The first kappa shape index (κ1) is 17.9. The zero-order valence-electron chi connectivity index (χ0n) is 14.1. The Morgan fingerprint density at radius 3 is 2.38 bits per heavy atom. The van der Waals surface area contributed by atoms with Crippen molar-refractivity contribution in [1.29, 1.82) is 0 Å². The van der Waals surface area contributed by atoms with Gasteiger partial charge >= 0.3 is 6.03 Å². The first-order valence-corrected chi connectivity index (χ1v) is 8.08. The number of nitrogens with one attached hydrogen (secondary N) is 1. The van der Waals surface area contributed by atoms with Crippen LogP contribution in [0, 0.1) is 17.5 Å². The van der Waals surface area contributed by atoms with Crippen LogP contribution in [0.5, 0.6) is 5.75 Å². The molecule has 0 radical (unpaired) electrons. The highest BCUT2D eigenvalue weighted by molar-refractivity contribution is 5.91. The van der Waals surface area contributed by atoms with Crippen LogP contribution in [0.1, 0.15) is 0 Å². The summed E-state index contributed by atoms with van der Waals surface area (Å²) in [4.78, 5) is 15.6. The van der Waals surface area contributed by atoms with Gasteiger partial charge in [0.2, 0.25) is 0 Å². The number of ether oxygens (including phenoxy) is 1. The van der Waals surface area contributed by atoms with Gasteiger partial charge in [0.15, 0.2) is 17.5 Å². The molecule has 138 valence electrons. The van der Waals surface area contributed by atoms with Crippen LogP contribution in [0.3, 0.4) is 0 Å². The second-order valence-electron chi connectivity index (χ2n) is 5.80. The summed E-state index contributed by atoms with van der Waals surface area (Å²) in [6, 6.07) is 8.83. The van der Waals surface area contributed by atoms with Gasteiger partial charge in [0.25, 0.3) is 0 Å². The quantitative estimate of drug-likeness (QED) is 0.848. The molecule has 0 spiro atoms. The van der Waals surface area contributed by atoms with Crippen LogP contribution in [-0.2, 0) is 0 Å². The fourth-order valence-corrected chi connectivity index (χ4v) is 2.85. The molecule has 2 aromatic carbocycles. The number of halogens is 3. The number of benzene rings is 2. The molecule has 26 heavy (non-hydrogen) atoms. The van der Waals surface area contributed by atoms with E-state index in [1.54, 1.807) is 34.1 Å². The molecule has 0 atom stereocenters. The van der Waals surface area contributed by atoms with Crippen molar-refractivity contribution in [3.63, 3.8) is 0 Å². The van der Waals surface area contributed by atoms with E-state index in [-0.39, 0.29) is 11.7 Å². The molecule has 0 saturated carbocycles. The number of nitrogens with zero attached hydrogens (tertiary/aromatic N) is 2. The van der Waals surface area contributed by atoms with Gasteiger partial charge in [-0.3, -0.25) is 0 Å². The monoisotopic (exact) mass is 365 g/mol. The number of methoxy groups -OCH3 is 1. The Labute approximate surface area is 149 Å². The van der Waals surface area contributed by atoms with Crippen molar-refractivity contribution >= 4 is 17.4 Å². The Kier molecular flexibility index (Phi) is 5.20. The summed E-state index contributed by atoms with van der Waals surface area (Å²) in [6.45, 7) is 1.25. The van der Waals surface area contributed by atoms with E-state index >= 15 is 0 Å². The smallest absolute Gasteiger partial charge is 0.322 e. The lowest BCUT2D eigenvalue weighted by Gasteiger charge is -2.36. The second-order valence-corrected chi connectivity index (χ2v) is 5.80. The third-order valence-electron chi connectivity index (χ3n) is 4.27. The topological polar surface area (TPSA) is 44.8 Å². The van der Waals surface area contributed by atoms with Crippen LogP contribution in [0.4, 0.5) is 29.3 Å². The molecule has 1 aliphatic heterocycles. The Morgan fingerprint density at radius 2 is 1.69 bits per heavy atom. The molecular formula is C18H18F3N3O2. The minimum atomic E-state index is -1.49. The van der Waals surface area contributed by atoms with Crippen LogP contribution in [0.25, 0.3) is 0 Å². The number of anilines is 2. The highest BCUT2D eigenvalue weighted by Gasteiger charge is 2.25. The van der Waals surface area contributed by atoms with E-state index in [0.717, 1.165) is 6.07 Å². The van der Waals surface area contributed by atoms with Crippen molar-refractivity contribution < 1.29 is 22.7 Å². The second kappa shape index (κ2) is 7.55. The summed E-state index contributed by atoms with van der Waals surface area (Å²) in [7, 11) is 1.51. The van der Waals surface area contributed by atoms with Gasteiger partial charge in [0.05, 0.1) is 18.5 Å². The molecule has 0 bridgehead atoms. The summed E-state index contributed by atoms with van der Waals surface area (Å²) in [5.41, 5.74) is 0.544. The molecule has 1 saturated heterocycles. The number of urea groups is 1. The zero-order chi connectivity index (χ0) is 18.7. The molecule has 1 heterocycles. The standard InChI is InChI=1S/C18H18F3N3O2/c1-26-15-5-3-2-4-13(15)22-18(25)24-10-8-23(9-11-24)14-7-6-12(19)16(20)17(14)21/h2-7H,8-11H2,1H3,(H,22,25). The molecule has 8 heteroatoms. The van der Waals surface area contributed by atoms with Crippen LogP contribution in [0.2, 0.25) is 0 Å². The summed E-state index contributed by atoms with van der Waals surface area (Å²) in [5.74, 6) is -3.37. The number of carbonyl (C=O) groups excluding carboxylic acids is 1. The SMILES string of the molecule is COc1ccccc1NC(=O)N1CCN(c2ccc(F)c(F)c2F)CC1. The number of rotatable bonds is 3. The molecule has 3 rings (SSSR count). The predicted octanol–water partition coefficient (Wildman–Crippen LogP) is 3.47. The molecule has 0 aliphatic carbocycles. The largest absolute Gasteiger partial charge is 0.495 e. The molecule has 0 unspecified atom stereocenters. The van der Waals surface area contributed by atoms with Gasteiger partial charge in [-0.15, -0.1) is 0 Å². The first-order valence-electron chi connectivity index (χ1n) is 8.08. The fourth-order valence-electron chi connectivity index (χ4n) is 2.85. The molecule has 1 fully saturated rings. The van der Waals surface area contributed by atoms with Crippen molar-refractivity contribution in [3.05, 3.63) is 53.8 Å². The van der Waals surface area contributed by atoms with Gasteiger partial charge in [0.1, 0.15) is 5.75 Å². The number of amides is 2. The van der Waals surface area contributed by atoms with Gasteiger partial charge in [-0.05, 0) is 24.3 Å². The van der Waals surface area contributed by atoms with Crippen LogP contribution < -0.4 is 15.0 Å². The number of carbonyl (C=O) groups is 1. The average Bonchev–Trinajstić information content (AvgIpc) is 2.67. The van der Waals surface area contributed by atoms with Gasteiger partial charge < -0.3 is 19.9 Å². The van der Waals surface area contributed by atoms with Crippen LogP contribution in [-0.4, -0.2) is 44.2 Å². The number of hydrogen-bond acceptors (Lipinski definition) is 3. The Bertz CT molecular complexity index is 808. The van der Waals surface area contributed by atoms with E-state index in [2.05, 4.69) is 5.32 Å². The maximum Gasteiger partial charge on any atom is 0.322 e. The molecule has 5 nitrogen and oxygen atoms in total. The van der Waals surface area contributed by atoms with Crippen molar-refractivity contribution in [2.75, 3.05) is 43.5 Å². The van der Waals surface area contributed by atoms with E-state index in [1.165, 1.54) is 13.2 Å². The first-order chi connectivity index (χ1) is 12.5.